The van der Waals surface area contributed by atoms with Crippen LogP contribution in [-0.2, 0) is 12.7 Å². The number of halogens is 3. The molecule has 7 nitrogen and oxygen atoms in total. The highest BCUT2D eigenvalue weighted by Crippen LogP contribution is 2.33. The molecule has 0 bridgehead atoms. The number of rotatable bonds is 8. The van der Waals surface area contributed by atoms with Gasteiger partial charge in [-0.1, -0.05) is 6.07 Å². The molecule has 2 aromatic carbocycles. The molecule has 184 valence electrons. The van der Waals surface area contributed by atoms with E-state index in [-0.39, 0.29) is 11.3 Å². The van der Waals surface area contributed by atoms with Gasteiger partial charge in [0.15, 0.2) is 0 Å². The average molecular weight is 503 g/mol. The van der Waals surface area contributed by atoms with Crippen LogP contribution in [0.2, 0.25) is 0 Å². The zero-order chi connectivity index (χ0) is 25.2. The maximum absolute atomic E-state index is 13.4. The predicted octanol–water partition coefficient (Wildman–Crippen LogP) is 4.61. The first kappa shape index (κ1) is 24.7. The second-order valence-electron chi connectivity index (χ2n) is 8.38. The van der Waals surface area contributed by atoms with E-state index < -0.39 is 17.6 Å². The van der Waals surface area contributed by atoms with Crippen LogP contribution in [0.1, 0.15) is 44.8 Å². The van der Waals surface area contributed by atoms with E-state index in [9.17, 15) is 18.0 Å². The number of nitrogens with one attached hydrogen (secondary N) is 2. The van der Waals surface area contributed by atoms with Crippen LogP contribution in [0, 0.1) is 6.92 Å². The second-order valence-corrected chi connectivity index (χ2v) is 9.27. The number of hydrogen-bond donors (Lipinski definition) is 4. The van der Waals surface area contributed by atoms with E-state index in [2.05, 4.69) is 15.6 Å². The Kier molecular flexibility index (Phi) is 7.10. The van der Waals surface area contributed by atoms with E-state index in [0.717, 1.165) is 35.4 Å². The summed E-state index contributed by atoms with van der Waals surface area (Å²) in [5.41, 5.74) is 9.36. The van der Waals surface area contributed by atoms with Crippen LogP contribution in [0.15, 0.2) is 54.3 Å². The molecule has 1 saturated carbocycles. The third kappa shape index (κ3) is 6.38. The third-order valence-corrected chi connectivity index (χ3v) is 6.32. The summed E-state index contributed by atoms with van der Waals surface area (Å²) in [4.78, 5) is 17.7. The average Bonchev–Trinajstić information content (AvgIpc) is 3.47. The number of amides is 1. The van der Waals surface area contributed by atoms with Crippen LogP contribution in [0.25, 0.3) is 5.70 Å². The van der Waals surface area contributed by atoms with E-state index in [1.807, 2.05) is 6.92 Å². The molecule has 1 aliphatic carbocycles. The van der Waals surface area contributed by atoms with Crippen molar-refractivity contribution in [1.29, 1.82) is 0 Å². The van der Waals surface area contributed by atoms with Gasteiger partial charge in [0.2, 0.25) is 0 Å². The van der Waals surface area contributed by atoms with Crippen molar-refractivity contribution in [3.63, 3.8) is 0 Å². The number of carbonyl (C=O) groups excluding carboxylic acids is 1. The monoisotopic (exact) mass is 502 g/mol. The van der Waals surface area contributed by atoms with Gasteiger partial charge in [-0.25, -0.2) is 5.84 Å². The number of anilines is 2. The number of alkyl halides is 3. The van der Waals surface area contributed by atoms with Gasteiger partial charge in [-0.15, -0.1) is 11.3 Å². The van der Waals surface area contributed by atoms with E-state index >= 15 is 0 Å². The summed E-state index contributed by atoms with van der Waals surface area (Å²) >= 11 is 1.36. The molecule has 1 aromatic heterocycles. The van der Waals surface area contributed by atoms with E-state index in [1.54, 1.807) is 36.0 Å². The largest absolute Gasteiger partial charge is 0.416 e. The fraction of sp³-hybridized carbons (Fsp3) is 0.250. The van der Waals surface area contributed by atoms with Gasteiger partial charge in [0, 0.05) is 36.2 Å². The summed E-state index contributed by atoms with van der Waals surface area (Å²) < 4.78 is 40.3. The number of benzene rings is 2. The number of carbonyl (C=O) groups is 1. The van der Waals surface area contributed by atoms with Crippen molar-refractivity contribution in [2.24, 2.45) is 11.6 Å². The minimum Gasteiger partial charge on any atom is -0.396 e. The molecule has 11 heteroatoms. The van der Waals surface area contributed by atoms with E-state index in [1.165, 1.54) is 22.5 Å². The highest BCUT2D eigenvalue weighted by Gasteiger charge is 2.31. The lowest BCUT2D eigenvalue weighted by molar-refractivity contribution is -0.137. The third-order valence-electron chi connectivity index (χ3n) is 5.49. The second kappa shape index (κ2) is 10.1. The molecule has 1 fully saturated rings. The smallest absolute Gasteiger partial charge is 0.396 e. The highest BCUT2D eigenvalue weighted by atomic mass is 32.1. The molecule has 1 heterocycles. The summed E-state index contributed by atoms with van der Waals surface area (Å²) in [6.45, 7) is 2.11. The van der Waals surface area contributed by atoms with Crippen LogP contribution in [0.3, 0.4) is 0 Å². The van der Waals surface area contributed by atoms with Crippen molar-refractivity contribution in [1.82, 2.24) is 10.3 Å². The van der Waals surface area contributed by atoms with Gasteiger partial charge in [0.25, 0.3) is 5.91 Å². The molecule has 1 aliphatic rings. The lowest BCUT2D eigenvalue weighted by atomic mass is 10.1. The van der Waals surface area contributed by atoms with Crippen LogP contribution < -0.4 is 27.2 Å². The molecular weight excluding hydrogens is 477 g/mol. The molecular formula is C24H25F3N6OS. The summed E-state index contributed by atoms with van der Waals surface area (Å²) in [6.07, 6.45) is 0.633. The van der Waals surface area contributed by atoms with Crippen molar-refractivity contribution < 1.29 is 18.0 Å². The fourth-order valence-electron chi connectivity index (χ4n) is 3.45. The molecule has 0 aliphatic heterocycles. The van der Waals surface area contributed by atoms with Crippen LogP contribution in [0.4, 0.5) is 24.5 Å². The first-order valence-electron chi connectivity index (χ1n) is 10.9. The Balaban J connectivity index is 1.55. The normalized spacial score (nSPS) is 14.1. The fourth-order valence-corrected chi connectivity index (χ4v) is 4.00. The molecule has 0 atom stereocenters. The first-order chi connectivity index (χ1) is 16.6. The molecule has 35 heavy (non-hydrogen) atoms. The van der Waals surface area contributed by atoms with Gasteiger partial charge in [0.05, 0.1) is 27.3 Å². The standard InChI is InChI=1S/C24H25F3N6OS/c1-14-2-3-16(8-21(14)33(29)12-20(28)22-11-30-13-35-22)23(34)32-19-7-15(10-31-18-4-5-18)6-17(9-19)24(25,26)27/h2-3,6-9,11-13,18,31H,4-5,10,28-29H2,1H3,(H,32,34)/b20-12-. The Morgan fingerprint density at radius 3 is 2.69 bits per heavy atom. The zero-order valence-corrected chi connectivity index (χ0v) is 19.7. The van der Waals surface area contributed by atoms with Crippen LogP contribution in [0.5, 0.6) is 0 Å². The van der Waals surface area contributed by atoms with Crippen molar-refractivity contribution in [3.05, 3.63) is 81.4 Å². The van der Waals surface area contributed by atoms with Crippen LogP contribution >= 0.6 is 11.3 Å². The predicted molar refractivity (Wildman–Crippen MR) is 131 cm³/mol. The molecule has 0 unspecified atom stereocenters. The van der Waals surface area contributed by atoms with Crippen molar-refractivity contribution >= 4 is 34.3 Å². The van der Waals surface area contributed by atoms with Gasteiger partial charge < -0.3 is 16.4 Å². The number of nitrogens with zero attached hydrogens (tertiary/aromatic N) is 2. The zero-order valence-electron chi connectivity index (χ0n) is 18.9. The number of aryl methyl sites for hydroxylation is 1. The topological polar surface area (TPSA) is 109 Å². The molecule has 6 N–H and O–H groups in total. The van der Waals surface area contributed by atoms with Gasteiger partial charge in [-0.3, -0.25) is 14.8 Å². The minimum atomic E-state index is -4.53. The number of aromatic nitrogens is 1. The summed E-state index contributed by atoms with van der Waals surface area (Å²) in [6, 6.07) is 8.77. The molecule has 0 spiro atoms. The van der Waals surface area contributed by atoms with Crippen LogP contribution in [-0.4, -0.2) is 16.9 Å². The highest BCUT2D eigenvalue weighted by molar-refractivity contribution is 7.10. The number of hydrazine groups is 1. The van der Waals surface area contributed by atoms with Crippen molar-refractivity contribution in [2.75, 3.05) is 10.3 Å². The summed E-state index contributed by atoms with van der Waals surface area (Å²) in [5.74, 6) is 5.62. The number of nitrogens with two attached hydrogens (primary N) is 2. The number of hydrogen-bond acceptors (Lipinski definition) is 7. The lowest BCUT2D eigenvalue weighted by Gasteiger charge is -2.19. The Labute approximate surface area is 204 Å². The Bertz CT molecular complexity index is 1240. The van der Waals surface area contributed by atoms with Gasteiger partial charge in [-0.05, 0) is 61.2 Å². The van der Waals surface area contributed by atoms with Gasteiger partial charge >= 0.3 is 6.18 Å². The number of thiazole rings is 1. The summed E-state index contributed by atoms with van der Waals surface area (Å²) in [7, 11) is 0. The molecule has 0 radical (unpaired) electrons. The van der Waals surface area contributed by atoms with Gasteiger partial charge in [-0.2, -0.15) is 13.2 Å². The molecule has 0 saturated heterocycles. The quantitative estimate of drug-likeness (QED) is 0.265. The Morgan fingerprint density at radius 2 is 2.03 bits per heavy atom. The van der Waals surface area contributed by atoms with E-state index in [0.29, 0.717) is 29.5 Å². The molecule has 4 rings (SSSR count). The maximum atomic E-state index is 13.4. The Hall–Kier alpha value is -3.41. The maximum Gasteiger partial charge on any atom is 0.416 e. The SMILES string of the molecule is Cc1ccc(C(=O)Nc2cc(CNC3CC3)cc(C(F)(F)F)c2)cc1N(N)/C=C(\N)c1cncs1. The summed E-state index contributed by atoms with van der Waals surface area (Å²) in [5, 5.41) is 7.09. The Morgan fingerprint density at radius 1 is 1.26 bits per heavy atom. The minimum absolute atomic E-state index is 0.0680. The molecule has 3 aromatic rings. The van der Waals surface area contributed by atoms with Crippen molar-refractivity contribution in [3.8, 4) is 0 Å². The lowest BCUT2D eigenvalue weighted by Crippen LogP contribution is -2.27. The first-order valence-corrected chi connectivity index (χ1v) is 11.7. The van der Waals surface area contributed by atoms with Gasteiger partial charge in [0.1, 0.15) is 0 Å². The van der Waals surface area contributed by atoms with Crippen molar-refractivity contribution in [2.45, 2.75) is 38.5 Å². The molecule has 1 amide bonds. The van der Waals surface area contributed by atoms with E-state index in [4.69, 9.17) is 11.6 Å².